The zero-order chi connectivity index (χ0) is 21.5. The molecule has 1 heteroatoms. The van der Waals surface area contributed by atoms with E-state index in [4.69, 9.17) is 0 Å². The standard InChI is InChI=1S/C16H31S.C8H16.C2H6/c1-5-7-13-17(14-8-6-2)16(4)11-9-15(3)10-12-16;1-7(2)6-8(3,4)5;1-2/h9H,5-8,10-14H2,1-4H3;1,6H2,2-5H3;1-2H3/q+1;;. The quantitative estimate of drug-likeness (QED) is 0.283. The molecule has 1 unspecified atom stereocenters. The van der Waals surface area contributed by atoms with E-state index in [1.165, 1.54) is 62.0 Å². The lowest BCUT2D eigenvalue weighted by molar-refractivity contribution is 0.410. The molecule has 0 spiro atoms. The Morgan fingerprint density at radius 1 is 1.11 bits per heavy atom. The summed E-state index contributed by atoms with van der Waals surface area (Å²) in [5, 5.41) is 0. The Labute approximate surface area is 177 Å². The van der Waals surface area contributed by atoms with Gasteiger partial charge in [-0.15, -0.1) is 6.58 Å². The predicted molar refractivity (Wildman–Crippen MR) is 133 cm³/mol. The summed E-state index contributed by atoms with van der Waals surface area (Å²) in [6, 6.07) is 0. The van der Waals surface area contributed by atoms with Gasteiger partial charge in [0.25, 0.3) is 0 Å². The van der Waals surface area contributed by atoms with Crippen LogP contribution in [0.1, 0.15) is 121 Å². The Balaban J connectivity index is 0. The summed E-state index contributed by atoms with van der Waals surface area (Å²) in [6.07, 6.45) is 13.4. The molecule has 27 heavy (non-hydrogen) atoms. The van der Waals surface area contributed by atoms with Crippen LogP contribution in [0.2, 0.25) is 0 Å². The summed E-state index contributed by atoms with van der Waals surface area (Å²) in [4.78, 5) is 0. The molecule has 0 heterocycles. The number of hydrogen-bond donors (Lipinski definition) is 0. The van der Waals surface area contributed by atoms with Crippen molar-refractivity contribution in [1.29, 1.82) is 0 Å². The van der Waals surface area contributed by atoms with Crippen molar-refractivity contribution in [2.75, 3.05) is 11.5 Å². The fraction of sp³-hybridized carbons (Fsp3) is 0.846. The fourth-order valence-electron chi connectivity index (χ4n) is 3.46. The zero-order valence-electron chi connectivity index (χ0n) is 20.8. The van der Waals surface area contributed by atoms with E-state index in [2.05, 4.69) is 68.0 Å². The molecule has 0 saturated carbocycles. The van der Waals surface area contributed by atoms with Crippen molar-refractivity contribution in [1.82, 2.24) is 0 Å². The monoisotopic (exact) mass is 397 g/mol. The molecule has 0 aromatic rings. The Morgan fingerprint density at radius 2 is 1.59 bits per heavy atom. The van der Waals surface area contributed by atoms with E-state index in [1.807, 2.05) is 13.8 Å². The van der Waals surface area contributed by atoms with Crippen LogP contribution in [0, 0.1) is 5.41 Å². The first-order valence-electron chi connectivity index (χ1n) is 11.5. The SMILES string of the molecule is C=C(C)CC(C)(C)C.CC.CCCC[S+](CCCC)C1(C)CC=C(C)CC1. The molecule has 0 aromatic carbocycles. The molecular formula is C26H53S+. The van der Waals surface area contributed by atoms with Crippen LogP contribution in [-0.2, 0) is 10.9 Å². The Kier molecular flexibility index (Phi) is 16.9. The van der Waals surface area contributed by atoms with Gasteiger partial charge in [-0.25, -0.2) is 0 Å². The van der Waals surface area contributed by atoms with E-state index in [-0.39, 0.29) is 0 Å². The highest BCUT2D eigenvalue weighted by molar-refractivity contribution is 7.98. The molecule has 0 aliphatic heterocycles. The van der Waals surface area contributed by atoms with Crippen LogP contribution in [0.4, 0.5) is 0 Å². The van der Waals surface area contributed by atoms with Gasteiger partial charge in [-0.05, 0) is 62.8 Å². The van der Waals surface area contributed by atoms with Crippen molar-refractivity contribution in [3.05, 3.63) is 23.8 Å². The third-order valence-electron chi connectivity index (χ3n) is 4.95. The summed E-state index contributed by atoms with van der Waals surface area (Å²) in [7, 11) is 0.664. The maximum absolute atomic E-state index is 3.84. The molecule has 0 aromatic heterocycles. The minimum absolute atomic E-state index is 0.422. The molecule has 0 nitrogen and oxygen atoms in total. The molecule has 0 radical (unpaired) electrons. The largest absolute Gasteiger partial charge is 0.129 e. The van der Waals surface area contributed by atoms with Crippen molar-refractivity contribution in [2.45, 2.75) is 125 Å². The van der Waals surface area contributed by atoms with Crippen LogP contribution in [0.5, 0.6) is 0 Å². The Hall–Kier alpha value is -0.170. The van der Waals surface area contributed by atoms with Crippen LogP contribution >= 0.6 is 0 Å². The van der Waals surface area contributed by atoms with E-state index < -0.39 is 0 Å². The molecule has 1 atom stereocenters. The summed E-state index contributed by atoms with van der Waals surface area (Å²) >= 11 is 0. The van der Waals surface area contributed by atoms with Gasteiger partial charge in [-0.2, -0.15) is 0 Å². The van der Waals surface area contributed by atoms with Gasteiger partial charge in [-0.1, -0.05) is 78.5 Å². The highest BCUT2D eigenvalue weighted by atomic mass is 32.2. The second kappa shape index (κ2) is 15.7. The van der Waals surface area contributed by atoms with E-state index >= 15 is 0 Å². The summed E-state index contributed by atoms with van der Waals surface area (Å²) in [5.41, 5.74) is 3.32. The van der Waals surface area contributed by atoms with Crippen molar-refractivity contribution in [3.63, 3.8) is 0 Å². The van der Waals surface area contributed by atoms with E-state index in [9.17, 15) is 0 Å². The highest BCUT2D eigenvalue weighted by Gasteiger charge is 2.42. The number of rotatable bonds is 8. The number of allylic oxidation sites excluding steroid dienone is 3. The average Bonchev–Trinajstić information content (AvgIpc) is 2.58. The molecule has 0 fully saturated rings. The van der Waals surface area contributed by atoms with Gasteiger partial charge in [0.1, 0.15) is 16.3 Å². The molecule has 0 N–H and O–H groups in total. The first-order valence-corrected chi connectivity index (χ1v) is 13.1. The normalized spacial score (nSPS) is 19.4. The first kappa shape index (κ1) is 29.0. The fourth-order valence-corrected chi connectivity index (χ4v) is 6.63. The van der Waals surface area contributed by atoms with Gasteiger partial charge in [-0.3, -0.25) is 0 Å². The van der Waals surface area contributed by atoms with Crippen molar-refractivity contribution >= 4 is 10.9 Å². The van der Waals surface area contributed by atoms with Crippen molar-refractivity contribution in [2.24, 2.45) is 5.41 Å². The van der Waals surface area contributed by atoms with Gasteiger partial charge >= 0.3 is 0 Å². The van der Waals surface area contributed by atoms with Crippen LogP contribution in [0.25, 0.3) is 0 Å². The lowest BCUT2D eigenvalue weighted by Crippen LogP contribution is -2.40. The lowest BCUT2D eigenvalue weighted by atomic mass is 9.89. The van der Waals surface area contributed by atoms with Gasteiger partial charge < -0.3 is 0 Å². The number of unbranched alkanes of at least 4 members (excludes halogenated alkanes) is 2. The van der Waals surface area contributed by atoms with E-state index in [1.54, 1.807) is 5.57 Å². The van der Waals surface area contributed by atoms with Gasteiger partial charge in [0, 0.05) is 12.8 Å². The highest BCUT2D eigenvalue weighted by Crippen LogP contribution is 2.36. The maximum atomic E-state index is 3.84. The molecule has 162 valence electrons. The van der Waals surface area contributed by atoms with Gasteiger partial charge in [0.2, 0.25) is 0 Å². The topological polar surface area (TPSA) is 0 Å². The molecule has 0 bridgehead atoms. The summed E-state index contributed by atoms with van der Waals surface area (Å²) in [6.45, 7) is 26.1. The summed E-state index contributed by atoms with van der Waals surface area (Å²) < 4.78 is 0.629. The molecule has 0 saturated heterocycles. The molecular weight excluding hydrogens is 344 g/mol. The third kappa shape index (κ3) is 15.4. The molecule has 1 rings (SSSR count). The second-order valence-electron chi connectivity index (χ2n) is 9.51. The smallest absolute Gasteiger partial charge is 0.100 e. The van der Waals surface area contributed by atoms with Crippen LogP contribution in [-0.4, -0.2) is 16.3 Å². The average molecular weight is 398 g/mol. The maximum Gasteiger partial charge on any atom is 0.129 e. The summed E-state index contributed by atoms with van der Waals surface area (Å²) in [5.74, 6) is 2.97. The zero-order valence-corrected chi connectivity index (χ0v) is 21.6. The Bertz CT molecular complexity index is 391. The van der Waals surface area contributed by atoms with Crippen LogP contribution < -0.4 is 0 Å². The Morgan fingerprint density at radius 3 is 1.85 bits per heavy atom. The molecule has 1 aliphatic carbocycles. The lowest BCUT2D eigenvalue weighted by Gasteiger charge is -2.32. The number of hydrogen-bond acceptors (Lipinski definition) is 0. The third-order valence-corrected chi connectivity index (χ3v) is 8.28. The predicted octanol–water partition coefficient (Wildman–Crippen LogP) is 9.12. The molecule has 0 amide bonds. The van der Waals surface area contributed by atoms with Gasteiger partial charge in [0.05, 0.1) is 0 Å². The van der Waals surface area contributed by atoms with E-state index in [0.717, 1.165) is 6.42 Å². The van der Waals surface area contributed by atoms with Crippen LogP contribution in [0.3, 0.4) is 0 Å². The van der Waals surface area contributed by atoms with Gasteiger partial charge in [0.15, 0.2) is 0 Å². The minimum Gasteiger partial charge on any atom is -0.100 e. The molecule has 1 aliphatic rings. The minimum atomic E-state index is 0.422. The van der Waals surface area contributed by atoms with Crippen molar-refractivity contribution in [3.8, 4) is 0 Å². The van der Waals surface area contributed by atoms with E-state index in [0.29, 0.717) is 21.1 Å². The van der Waals surface area contributed by atoms with Crippen molar-refractivity contribution < 1.29 is 0 Å². The second-order valence-corrected chi connectivity index (χ2v) is 12.3. The van der Waals surface area contributed by atoms with Crippen LogP contribution in [0.15, 0.2) is 23.8 Å². The first-order chi connectivity index (χ1) is 12.5.